The minimum Gasteiger partial charge on any atom is -0.387 e. The molecule has 2 aromatic rings. The molecule has 2 amide bonds. The summed E-state index contributed by atoms with van der Waals surface area (Å²) in [7, 11) is -4.05. The fourth-order valence-electron chi connectivity index (χ4n) is 6.29. The molecule has 2 unspecified atom stereocenters. The van der Waals surface area contributed by atoms with Crippen LogP contribution in [0, 0.1) is 29.3 Å². The molecule has 1 aliphatic heterocycles. The summed E-state index contributed by atoms with van der Waals surface area (Å²) < 4.78 is 67.8. The normalized spacial score (nSPS) is 27.9. The highest BCUT2D eigenvalue weighted by Gasteiger charge is 2.55. The van der Waals surface area contributed by atoms with Crippen LogP contribution in [-0.2, 0) is 14.6 Å². The van der Waals surface area contributed by atoms with Gasteiger partial charge in [-0.2, -0.15) is 0 Å². The Balaban J connectivity index is 1.31. The first-order valence-corrected chi connectivity index (χ1v) is 15.1. The third kappa shape index (κ3) is 5.34. The van der Waals surface area contributed by atoms with Crippen LogP contribution in [0.5, 0.6) is 0 Å². The highest BCUT2D eigenvalue weighted by atomic mass is 35.5. The lowest BCUT2D eigenvalue weighted by Crippen LogP contribution is -2.56. The van der Waals surface area contributed by atoms with Gasteiger partial charge in [-0.05, 0) is 75.1 Å². The Bertz CT molecular complexity index is 1410. The van der Waals surface area contributed by atoms with Crippen LogP contribution in [0.15, 0.2) is 35.2 Å². The molecule has 0 radical (unpaired) electrons. The van der Waals surface area contributed by atoms with E-state index in [9.17, 15) is 36.3 Å². The number of carbonyl (C=O) groups is 2. The number of hydrogen-bond donors (Lipinski definition) is 4. The Hall–Kier alpha value is -2.67. The lowest BCUT2D eigenvalue weighted by atomic mass is 9.74. The van der Waals surface area contributed by atoms with E-state index >= 15 is 0 Å². The average molecular weight is 600 g/mol. The predicted octanol–water partition coefficient (Wildman–Crippen LogP) is 3.57. The predicted molar refractivity (Wildman–Crippen MR) is 141 cm³/mol. The monoisotopic (exact) mass is 599 g/mol. The Morgan fingerprint density at radius 3 is 2.30 bits per heavy atom. The fraction of sp³-hybridized carbons (Fsp3) is 0.481. The third-order valence-corrected chi connectivity index (χ3v) is 11.1. The second kappa shape index (κ2) is 11.0. The van der Waals surface area contributed by atoms with Crippen LogP contribution in [0.4, 0.5) is 18.9 Å². The molecule has 0 aromatic heterocycles. The summed E-state index contributed by atoms with van der Waals surface area (Å²) in [6, 6.07) is 4.53. The van der Waals surface area contributed by atoms with Crippen LogP contribution in [0.2, 0.25) is 5.02 Å². The molecule has 3 aliphatic rings. The number of carbonyl (C=O) groups excluding carboxylic acids is 2. The number of anilines is 1. The van der Waals surface area contributed by atoms with E-state index in [0.717, 1.165) is 25.5 Å². The summed E-state index contributed by atoms with van der Waals surface area (Å²) in [6.45, 7) is 0.814. The number of nitrogens with one attached hydrogen (secondary N) is 3. The van der Waals surface area contributed by atoms with Gasteiger partial charge < -0.3 is 21.1 Å². The number of fused-ring (bicyclic) bond motifs is 2. The number of hydrogen-bond acceptors (Lipinski definition) is 6. The molecule has 13 heteroatoms. The van der Waals surface area contributed by atoms with Gasteiger partial charge in [-0.25, -0.2) is 21.6 Å². The van der Waals surface area contributed by atoms with E-state index in [1.807, 2.05) is 0 Å². The first kappa shape index (κ1) is 28.8. The maximum atomic E-state index is 13.7. The van der Waals surface area contributed by atoms with Crippen molar-refractivity contribution in [2.75, 3.05) is 18.4 Å². The molecule has 5 rings (SSSR count). The molecule has 3 atom stereocenters. The van der Waals surface area contributed by atoms with E-state index < -0.39 is 44.0 Å². The van der Waals surface area contributed by atoms with Gasteiger partial charge in [0.15, 0.2) is 27.3 Å². The standard InChI is InChI=1S/C27H29ClF3N3O5S/c28-19-6-3-14(25(35)34-17-11-20(29)24(31)21(30)12-17)8-23(19)40(38,39)18-9-15-4-5-16(10-18)27(15,37)13-33-26(36)22-2-1-7-32-22/h3,6,8,11-12,15-16,18,22,32,37H,1-2,4-5,7,9-10,13H2,(H,33,36)(H,34,35)/t15?,16?,18-,22-,27-/m0/s1. The Kier molecular flexibility index (Phi) is 7.90. The lowest BCUT2D eigenvalue weighted by molar-refractivity contribution is -0.126. The van der Waals surface area contributed by atoms with Gasteiger partial charge in [0, 0.05) is 29.9 Å². The number of amides is 2. The minimum absolute atomic E-state index is 0.0487. The summed E-state index contributed by atoms with van der Waals surface area (Å²) >= 11 is 6.26. The number of benzene rings is 2. The van der Waals surface area contributed by atoms with E-state index in [4.69, 9.17) is 11.6 Å². The van der Waals surface area contributed by atoms with Gasteiger partial charge >= 0.3 is 0 Å². The highest BCUT2D eigenvalue weighted by molar-refractivity contribution is 7.92. The average Bonchev–Trinajstić information content (AvgIpc) is 3.48. The molecule has 2 bridgehead atoms. The molecular formula is C27H29ClF3N3O5S. The number of rotatable bonds is 7. The summed E-state index contributed by atoms with van der Waals surface area (Å²) in [4.78, 5) is 25.0. The second-order valence-corrected chi connectivity index (χ2v) is 13.4. The second-order valence-electron chi connectivity index (χ2n) is 10.8. The van der Waals surface area contributed by atoms with Crippen molar-refractivity contribution in [3.8, 4) is 0 Å². The summed E-state index contributed by atoms with van der Waals surface area (Å²) in [5, 5.41) is 18.7. The molecule has 216 valence electrons. The molecule has 4 N–H and O–H groups in total. The molecule has 3 fully saturated rings. The van der Waals surface area contributed by atoms with E-state index in [1.54, 1.807) is 0 Å². The van der Waals surface area contributed by atoms with Crippen molar-refractivity contribution >= 4 is 38.9 Å². The zero-order valence-corrected chi connectivity index (χ0v) is 22.9. The largest absolute Gasteiger partial charge is 0.387 e. The molecule has 2 aromatic carbocycles. The highest BCUT2D eigenvalue weighted by Crippen LogP contribution is 2.52. The van der Waals surface area contributed by atoms with Gasteiger partial charge in [-0.3, -0.25) is 9.59 Å². The first-order valence-electron chi connectivity index (χ1n) is 13.1. The molecule has 2 saturated carbocycles. The van der Waals surface area contributed by atoms with Crippen molar-refractivity contribution in [2.45, 2.75) is 60.3 Å². The topological polar surface area (TPSA) is 125 Å². The fourth-order valence-corrected chi connectivity index (χ4v) is 8.69. The van der Waals surface area contributed by atoms with Crippen LogP contribution in [0.1, 0.15) is 48.9 Å². The van der Waals surface area contributed by atoms with Crippen LogP contribution in [-0.4, -0.2) is 55.3 Å². The van der Waals surface area contributed by atoms with Gasteiger partial charge in [0.25, 0.3) is 5.91 Å². The van der Waals surface area contributed by atoms with E-state index in [0.29, 0.717) is 25.0 Å². The number of sulfone groups is 1. The SMILES string of the molecule is O=C(Nc1cc(F)c(F)c(F)c1)c1ccc(Cl)c(S(=O)(=O)[C@H]2CC3CCC(C2)[C@]3(O)CNC(=O)[C@@H]2CCCN2)c1. The molecule has 1 heterocycles. The van der Waals surface area contributed by atoms with Gasteiger partial charge in [0.2, 0.25) is 5.91 Å². The van der Waals surface area contributed by atoms with Crippen molar-refractivity contribution in [2.24, 2.45) is 11.8 Å². The van der Waals surface area contributed by atoms with Crippen molar-refractivity contribution < 1.29 is 36.3 Å². The van der Waals surface area contributed by atoms with Gasteiger partial charge in [0.1, 0.15) is 0 Å². The zero-order chi connectivity index (χ0) is 28.8. The van der Waals surface area contributed by atoms with Crippen LogP contribution < -0.4 is 16.0 Å². The van der Waals surface area contributed by atoms with Gasteiger partial charge in [-0.1, -0.05) is 11.6 Å². The van der Waals surface area contributed by atoms with E-state index in [1.165, 1.54) is 12.1 Å². The van der Waals surface area contributed by atoms with Crippen LogP contribution in [0.3, 0.4) is 0 Å². The van der Waals surface area contributed by atoms with Crippen molar-refractivity contribution in [3.63, 3.8) is 0 Å². The van der Waals surface area contributed by atoms with E-state index in [-0.39, 0.29) is 64.3 Å². The quantitative estimate of drug-likeness (QED) is 0.361. The van der Waals surface area contributed by atoms with Crippen molar-refractivity contribution in [3.05, 3.63) is 58.4 Å². The Morgan fingerprint density at radius 1 is 1.05 bits per heavy atom. The maximum Gasteiger partial charge on any atom is 0.255 e. The third-order valence-electron chi connectivity index (χ3n) is 8.48. The van der Waals surface area contributed by atoms with Crippen molar-refractivity contribution in [1.82, 2.24) is 10.6 Å². The summed E-state index contributed by atoms with van der Waals surface area (Å²) in [6.07, 6.45) is 3.19. The Labute approximate surface area is 234 Å². The minimum atomic E-state index is -4.05. The molecule has 2 aliphatic carbocycles. The van der Waals surface area contributed by atoms with Crippen LogP contribution >= 0.6 is 11.6 Å². The number of halogens is 4. The Morgan fingerprint density at radius 2 is 1.70 bits per heavy atom. The number of aliphatic hydroxyl groups is 1. The summed E-state index contributed by atoms with van der Waals surface area (Å²) in [5.74, 6) is -6.41. The van der Waals surface area contributed by atoms with Crippen LogP contribution in [0.25, 0.3) is 0 Å². The zero-order valence-electron chi connectivity index (χ0n) is 21.4. The molecule has 40 heavy (non-hydrogen) atoms. The molecule has 8 nitrogen and oxygen atoms in total. The van der Waals surface area contributed by atoms with Crippen molar-refractivity contribution in [1.29, 1.82) is 0 Å². The smallest absolute Gasteiger partial charge is 0.255 e. The molecular weight excluding hydrogens is 571 g/mol. The van der Waals surface area contributed by atoms with Gasteiger partial charge in [-0.15, -0.1) is 0 Å². The van der Waals surface area contributed by atoms with E-state index in [2.05, 4.69) is 16.0 Å². The first-order chi connectivity index (χ1) is 18.9. The lowest BCUT2D eigenvalue weighted by Gasteiger charge is -2.42. The summed E-state index contributed by atoms with van der Waals surface area (Å²) in [5.41, 5.74) is -1.70. The molecule has 0 spiro atoms. The van der Waals surface area contributed by atoms with Gasteiger partial charge in [0.05, 0.1) is 26.8 Å². The molecule has 1 saturated heterocycles. The maximum absolute atomic E-state index is 13.7.